The second-order valence-corrected chi connectivity index (χ2v) is 4.21. The van der Waals surface area contributed by atoms with Crippen molar-refractivity contribution in [2.45, 2.75) is 38.6 Å². The van der Waals surface area contributed by atoms with Gasteiger partial charge in [0.2, 0.25) is 11.8 Å². The van der Waals surface area contributed by atoms with Crippen molar-refractivity contribution >= 4 is 12.0 Å². The minimum absolute atomic E-state index is 0.0856. The van der Waals surface area contributed by atoms with Crippen LogP contribution in [-0.2, 0) is 11.3 Å². The molecule has 1 rings (SSSR count). The first-order valence-electron chi connectivity index (χ1n) is 5.84. The highest BCUT2D eigenvalue weighted by molar-refractivity contribution is 5.82. The molecule has 10 nitrogen and oxygen atoms in total. The SMILES string of the molecule is CC(O)C(NC(=O)NCc1nnc([C@H](C)N)o1)C(=O)O. The lowest BCUT2D eigenvalue weighted by atomic mass is 10.2. The van der Waals surface area contributed by atoms with Gasteiger partial charge >= 0.3 is 12.0 Å². The number of carboxylic acids is 1. The van der Waals surface area contributed by atoms with Crippen molar-refractivity contribution in [2.75, 3.05) is 0 Å². The summed E-state index contributed by atoms with van der Waals surface area (Å²) < 4.78 is 5.14. The summed E-state index contributed by atoms with van der Waals surface area (Å²) in [7, 11) is 0. The Hall–Kier alpha value is -2.20. The van der Waals surface area contributed by atoms with Crippen molar-refractivity contribution in [3.05, 3.63) is 11.8 Å². The number of aromatic nitrogens is 2. The van der Waals surface area contributed by atoms with Gasteiger partial charge in [0.1, 0.15) is 0 Å². The number of amides is 2. The average Bonchev–Trinajstić information content (AvgIpc) is 2.81. The van der Waals surface area contributed by atoms with Crippen LogP contribution in [0.2, 0.25) is 0 Å². The molecule has 0 fully saturated rings. The van der Waals surface area contributed by atoms with Crippen LogP contribution in [0.15, 0.2) is 4.42 Å². The topological polar surface area (TPSA) is 164 Å². The number of nitrogens with one attached hydrogen (secondary N) is 2. The first-order chi connectivity index (χ1) is 9.31. The molecule has 6 N–H and O–H groups in total. The lowest BCUT2D eigenvalue weighted by molar-refractivity contribution is -0.141. The minimum atomic E-state index is -1.41. The first-order valence-corrected chi connectivity index (χ1v) is 5.84. The Labute approximate surface area is 114 Å². The third-order valence-electron chi connectivity index (χ3n) is 2.31. The number of aliphatic hydroxyl groups is 1. The van der Waals surface area contributed by atoms with Crippen LogP contribution in [0.4, 0.5) is 4.79 Å². The van der Waals surface area contributed by atoms with E-state index in [2.05, 4.69) is 20.8 Å². The maximum Gasteiger partial charge on any atom is 0.328 e. The van der Waals surface area contributed by atoms with Gasteiger partial charge in [-0.15, -0.1) is 10.2 Å². The maximum atomic E-state index is 11.5. The summed E-state index contributed by atoms with van der Waals surface area (Å²) in [5.41, 5.74) is 5.53. The third-order valence-corrected chi connectivity index (χ3v) is 2.31. The summed E-state index contributed by atoms with van der Waals surface area (Å²) in [6.07, 6.45) is -1.23. The van der Waals surface area contributed by atoms with Crippen LogP contribution < -0.4 is 16.4 Å². The van der Waals surface area contributed by atoms with E-state index in [1.54, 1.807) is 6.92 Å². The van der Waals surface area contributed by atoms with E-state index in [0.29, 0.717) is 0 Å². The van der Waals surface area contributed by atoms with E-state index in [1.165, 1.54) is 6.92 Å². The average molecular weight is 287 g/mol. The number of rotatable bonds is 6. The van der Waals surface area contributed by atoms with Gasteiger partial charge < -0.3 is 31.0 Å². The molecule has 1 aromatic rings. The van der Waals surface area contributed by atoms with Gasteiger partial charge in [0.05, 0.1) is 18.7 Å². The predicted octanol–water partition coefficient (Wildman–Crippen LogP) is -1.28. The number of nitrogens with two attached hydrogens (primary N) is 1. The molecule has 3 atom stereocenters. The van der Waals surface area contributed by atoms with Gasteiger partial charge in [0, 0.05) is 0 Å². The molecule has 0 aliphatic heterocycles. The molecule has 10 heteroatoms. The van der Waals surface area contributed by atoms with E-state index in [-0.39, 0.29) is 18.3 Å². The Morgan fingerprint density at radius 2 is 2.05 bits per heavy atom. The zero-order chi connectivity index (χ0) is 15.3. The maximum absolute atomic E-state index is 11.5. The van der Waals surface area contributed by atoms with Gasteiger partial charge in [-0.05, 0) is 13.8 Å². The summed E-state index contributed by atoms with van der Waals surface area (Å²) in [4.78, 5) is 22.2. The molecular weight excluding hydrogens is 270 g/mol. The predicted molar refractivity (Wildman–Crippen MR) is 65.4 cm³/mol. The largest absolute Gasteiger partial charge is 0.480 e. The Morgan fingerprint density at radius 1 is 1.40 bits per heavy atom. The molecule has 112 valence electrons. The lowest BCUT2D eigenvalue weighted by Gasteiger charge is -2.16. The van der Waals surface area contributed by atoms with Crippen molar-refractivity contribution in [1.82, 2.24) is 20.8 Å². The van der Waals surface area contributed by atoms with Gasteiger partial charge in [0.25, 0.3) is 0 Å². The van der Waals surface area contributed by atoms with E-state index in [4.69, 9.17) is 15.3 Å². The van der Waals surface area contributed by atoms with Crippen LogP contribution in [0.25, 0.3) is 0 Å². The zero-order valence-electron chi connectivity index (χ0n) is 11.0. The highest BCUT2D eigenvalue weighted by Gasteiger charge is 2.25. The molecule has 0 radical (unpaired) electrons. The molecule has 2 amide bonds. The number of aliphatic hydroxyl groups excluding tert-OH is 1. The molecule has 2 unspecified atom stereocenters. The number of hydrogen-bond acceptors (Lipinski definition) is 7. The molecule has 1 heterocycles. The van der Waals surface area contributed by atoms with Crippen molar-refractivity contribution in [2.24, 2.45) is 5.73 Å². The lowest BCUT2D eigenvalue weighted by Crippen LogP contribution is -2.51. The second-order valence-electron chi connectivity index (χ2n) is 4.21. The number of carboxylic acid groups (broad SMARTS) is 1. The van der Waals surface area contributed by atoms with E-state index in [1.807, 2.05) is 0 Å². The van der Waals surface area contributed by atoms with Gasteiger partial charge in [-0.2, -0.15) is 0 Å². The number of urea groups is 1. The fourth-order valence-electron chi connectivity index (χ4n) is 1.26. The molecule has 0 aliphatic carbocycles. The summed E-state index contributed by atoms with van der Waals surface area (Å²) in [5, 5.41) is 29.7. The first kappa shape index (κ1) is 15.9. The fraction of sp³-hybridized carbons (Fsp3) is 0.600. The third kappa shape index (κ3) is 4.48. The van der Waals surface area contributed by atoms with Crippen molar-refractivity contribution < 1.29 is 24.2 Å². The highest BCUT2D eigenvalue weighted by atomic mass is 16.4. The van der Waals surface area contributed by atoms with Crippen LogP contribution in [0.3, 0.4) is 0 Å². The summed E-state index contributed by atoms with van der Waals surface area (Å²) in [5.74, 6) is -0.974. The standard InChI is InChI=1S/C10H17N5O5/c1-4(11)8-15-14-6(20-8)3-12-10(19)13-7(5(2)16)9(17)18/h4-5,7,16H,3,11H2,1-2H3,(H,17,18)(H2,12,13,19)/t4-,5?,7?/m0/s1. The Kier molecular flexibility index (Phi) is 5.41. The van der Waals surface area contributed by atoms with Crippen molar-refractivity contribution in [1.29, 1.82) is 0 Å². The monoisotopic (exact) mass is 287 g/mol. The molecule has 0 saturated carbocycles. The van der Waals surface area contributed by atoms with E-state index in [0.717, 1.165) is 0 Å². The summed E-state index contributed by atoms with van der Waals surface area (Å²) >= 11 is 0. The van der Waals surface area contributed by atoms with Crippen molar-refractivity contribution in [3.63, 3.8) is 0 Å². The van der Waals surface area contributed by atoms with E-state index < -0.39 is 30.2 Å². The molecule has 0 bridgehead atoms. The Balaban J connectivity index is 2.48. The van der Waals surface area contributed by atoms with E-state index >= 15 is 0 Å². The fourth-order valence-corrected chi connectivity index (χ4v) is 1.26. The van der Waals surface area contributed by atoms with Gasteiger partial charge in [-0.3, -0.25) is 0 Å². The van der Waals surface area contributed by atoms with Crippen LogP contribution >= 0.6 is 0 Å². The van der Waals surface area contributed by atoms with Gasteiger partial charge in [0.15, 0.2) is 6.04 Å². The quantitative estimate of drug-likeness (QED) is 0.432. The van der Waals surface area contributed by atoms with Crippen LogP contribution in [0, 0.1) is 0 Å². The number of hydrogen-bond donors (Lipinski definition) is 5. The van der Waals surface area contributed by atoms with Gasteiger partial charge in [-0.25, -0.2) is 9.59 Å². The van der Waals surface area contributed by atoms with Crippen molar-refractivity contribution in [3.8, 4) is 0 Å². The number of carbonyl (C=O) groups is 2. The Morgan fingerprint density at radius 3 is 2.50 bits per heavy atom. The van der Waals surface area contributed by atoms with E-state index in [9.17, 15) is 14.7 Å². The summed E-state index contributed by atoms with van der Waals surface area (Å²) in [6.45, 7) is 2.83. The molecule has 20 heavy (non-hydrogen) atoms. The number of carbonyl (C=O) groups excluding carboxylic acids is 1. The normalized spacial score (nSPS) is 15.2. The molecule has 0 saturated heterocycles. The number of nitrogens with zero attached hydrogens (tertiary/aromatic N) is 2. The molecule has 0 aliphatic rings. The molecule has 1 aromatic heterocycles. The van der Waals surface area contributed by atoms with Crippen LogP contribution in [0.5, 0.6) is 0 Å². The summed E-state index contributed by atoms with van der Waals surface area (Å²) in [6, 6.07) is -2.60. The highest BCUT2D eigenvalue weighted by Crippen LogP contribution is 2.06. The minimum Gasteiger partial charge on any atom is -0.480 e. The van der Waals surface area contributed by atoms with Gasteiger partial charge in [-0.1, -0.05) is 0 Å². The van der Waals surface area contributed by atoms with Crippen LogP contribution in [-0.4, -0.2) is 44.6 Å². The Bertz CT molecular complexity index is 472. The molecule has 0 spiro atoms. The smallest absolute Gasteiger partial charge is 0.328 e. The number of aliphatic carboxylic acids is 1. The van der Waals surface area contributed by atoms with Crippen LogP contribution in [0.1, 0.15) is 31.7 Å². The second kappa shape index (κ2) is 6.82. The molecule has 0 aromatic carbocycles. The zero-order valence-corrected chi connectivity index (χ0v) is 11.0. The molecular formula is C10H17N5O5.